The Kier molecular flexibility index (Phi) is 7.64. The van der Waals surface area contributed by atoms with Crippen molar-refractivity contribution in [2.75, 3.05) is 67.9 Å². The fourth-order valence-corrected chi connectivity index (χ4v) is 5.50. The zero-order valence-corrected chi connectivity index (χ0v) is 19.7. The SMILES string of the molecule is Cc1ccc(Cl)cc1N1CCN(CCCNC(=O)CN2CCSc3ccccc32)CC1. The third-order valence-corrected chi connectivity index (χ3v) is 7.29. The van der Waals surface area contributed by atoms with E-state index in [1.807, 2.05) is 23.9 Å². The highest BCUT2D eigenvalue weighted by atomic mass is 35.5. The van der Waals surface area contributed by atoms with Gasteiger partial charge in [0.25, 0.3) is 0 Å². The van der Waals surface area contributed by atoms with E-state index in [4.69, 9.17) is 11.6 Å². The van der Waals surface area contributed by atoms with Crippen LogP contribution in [0.15, 0.2) is 47.4 Å². The Morgan fingerprint density at radius 3 is 2.71 bits per heavy atom. The van der Waals surface area contributed by atoms with Crippen molar-refractivity contribution >= 4 is 40.6 Å². The number of fused-ring (bicyclic) bond motifs is 1. The van der Waals surface area contributed by atoms with Crippen molar-refractivity contribution in [3.63, 3.8) is 0 Å². The van der Waals surface area contributed by atoms with Crippen LogP contribution in [0.25, 0.3) is 0 Å². The van der Waals surface area contributed by atoms with Crippen LogP contribution in [0.3, 0.4) is 0 Å². The average Bonchev–Trinajstić information content (AvgIpc) is 2.79. The Balaban J connectivity index is 1.15. The number of anilines is 2. The van der Waals surface area contributed by atoms with E-state index in [9.17, 15) is 4.79 Å². The molecule has 0 saturated carbocycles. The summed E-state index contributed by atoms with van der Waals surface area (Å²) >= 11 is 8.05. The third-order valence-electron chi connectivity index (χ3n) is 6.02. The Morgan fingerprint density at radius 2 is 1.87 bits per heavy atom. The van der Waals surface area contributed by atoms with Crippen molar-refractivity contribution in [3.05, 3.63) is 53.1 Å². The number of rotatable bonds is 7. The maximum Gasteiger partial charge on any atom is 0.239 e. The number of carbonyl (C=O) groups is 1. The molecule has 4 rings (SSSR count). The van der Waals surface area contributed by atoms with Gasteiger partial charge in [-0.15, -0.1) is 11.8 Å². The third kappa shape index (κ3) is 5.88. The van der Waals surface area contributed by atoms with Gasteiger partial charge >= 0.3 is 0 Å². The number of carbonyl (C=O) groups excluding carboxylic acids is 1. The number of piperazine rings is 1. The molecule has 5 nitrogen and oxygen atoms in total. The largest absolute Gasteiger partial charge is 0.369 e. The Bertz CT molecular complexity index is 901. The molecule has 2 aromatic rings. The molecule has 0 unspecified atom stereocenters. The van der Waals surface area contributed by atoms with E-state index in [0.717, 1.165) is 63.0 Å². The molecule has 0 spiro atoms. The van der Waals surface area contributed by atoms with E-state index in [1.165, 1.54) is 21.8 Å². The fourth-order valence-electron chi connectivity index (χ4n) is 4.29. The lowest BCUT2D eigenvalue weighted by molar-refractivity contribution is -0.119. The summed E-state index contributed by atoms with van der Waals surface area (Å²) in [6.07, 6.45) is 0.981. The number of amides is 1. The van der Waals surface area contributed by atoms with Crippen molar-refractivity contribution < 1.29 is 4.79 Å². The zero-order valence-electron chi connectivity index (χ0n) is 18.1. The van der Waals surface area contributed by atoms with Crippen molar-refractivity contribution in [2.24, 2.45) is 0 Å². The molecule has 0 atom stereocenters. The summed E-state index contributed by atoms with van der Waals surface area (Å²) in [5.74, 6) is 1.15. The summed E-state index contributed by atoms with van der Waals surface area (Å²) in [5, 5.41) is 3.91. The number of halogens is 1. The topological polar surface area (TPSA) is 38.8 Å². The summed E-state index contributed by atoms with van der Waals surface area (Å²) < 4.78 is 0. The molecule has 1 amide bonds. The number of hydrogen-bond donors (Lipinski definition) is 1. The first kappa shape index (κ1) is 22.3. The lowest BCUT2D eigenvalue weighted by Crippen LogP contribution is -2.47. The Hall–Kier alpha value is -1.89. The second-order valence-corrected chi connectivity index (χ2v) is 9.77. The highest BCUT2D eigenvalue weighted by Crippen LogP contribution is 2.33. The van der Waals surface area contributed by atoms with Gasteiger partial charge in [-0.05, 0) is 49.7 Å². The monoisotopic (exact) mass is 458 g/mol. The van der Waals surface area contributed by atoms with Crippen molar-refractivity contribution in [1.82, 2.24) is 10.2 Å². The average molecular weight is 459 g/mol. The first-order chi connectivity index (χ1) is 15.1. The van der Waals surface area contributed by atoms with Crippen LogP contribution >= 0.6 is 23.4 Å². The molecule has 0 aliphatic carbocycles. The molecule has 2 aliphatic rings. The van der Waals surface area contributed by atoms with Gasteiger partial charge in [-0.1, -0.05) is 29.8 Å². The van der Waals surface area contributed by atoms with Gasteiger partial charge in [0.05, 0.1) is 12.2 Å². The number of hydrogen-bond acceptors (Lipinski definition) is 5. The molecule has 166 valence electrons. The molecule has 2 aromatic carbocycles. The zero-order chi connectivity index (χ0) is 21.6. The van der Waals surface area contributed by atoms with E-state index >= 15 is 0 Å². The standard InChI is InChI=1S/C24H31ClN4OS/c1-19-7-8-20(25)17-22(19)28-13-11-27(12-14-28)10-4-9-26-24(30)18-29-15-16-31-23-6-3-2-5-21(23)29/h2-3,5-8,17H,4,9-16,18H2,1H3,(H,26,30). The van der Waals surface area contributed by atoms with Crippen molar-refractivity contribution in [3.8, 4) is 0 Å². The maximum absolute atomic E-state index is 12.4. The highest BCUT2D eigenvalue weighted by molar-refractivity contribution is 7.99. The molecular weight excluding hydrogens is 428 g/mol. The van der Waals surface area contributed by atoms with Crippen LogP contribution in [-0.2, 0) is 4.79 Å². The highest BCUT2D eigenvalue weighted by Gasteiger charge is 2.20. The number of thioether (sulfide) groups is 1. The summed E-state index contributed by atoms with van der Waals surface area (Å²) in [6, 6.07) is 14.5. The van der Waals surface area contributed by atoms with Crippen LogP contribution < -0.4 is 15.1 Å². The fraction of sp³-hybridized carbons (Fsp3) is 0.458. The maximum atomic E-state index is 12.4. The smallest absolute Gasteiger partial charge is 0.239 e. The van der Waals surface area contributed by atoms with E-state index in [2.05, 4.69) is 57.3 Å². The first-order valence-electron chi connectivity index (χ1n) is 11.1. The van der Waals surface area contributed by atoms with Gasteiger partial charge in [-0.25, -0.2) is 0 Å². The molecule has 0 aromatic heterocycles. The van der Waals surface area contributed by atoms with Crippen LogP contribution in [0.2, 0.25) is 5.02 Å². The van der Waals surface area contributed by atoms with E-state index in [0.29, 0.717) is 6.54 Å². The molecule has 0 radical (unpaired) electrons. The van der Waals surface area contributed by atoms with Gasteiger partial charge < -0.3 is 15.1 Å². The number of nitrogens with one attached hydrogen (secondary N) is 1. The lowest BCUT2D eigenvalue weighted by atomic mass is 10.1. The Morgan fingerprint density at radius 1 is 1.06 bits per heavy atom. The molecule has 7 heteroatoms. The van der Waals surface area contributed by atoms with Gasteiger partial charge in [0.15, 0.2) is 0 Å². The van der Waals surface area contributed by atoms with E-state index in [-0.39, 0.29) is 5.91 Å². The molecule has 1 fully saturated rings. The predicted octanol–water partition coefficient (Wildman–Crippen LogP) is 3.89. The summed E-state index contributed by atoms with van der Waals surface area (Å²) in [4.78, 5) is 20.8. The van der Waals surface area contributed by atoms with E-state index in [1.54, 1.807) is 0 Å². The molecule has 2 heterocycles. The van der Waals surface area contributed by atoms with Gasteiger partial charge in [0, 0.05) is 60.6 Å². The van der Waals surface area contributed by atoms with Crippen LogP contribution in [0.5, 0.6) is 0 Å². The minimum Gasteiger partial charge on any atom is -0.369 e. The van der Waals surface area contributed by atoms with Crippen LogP contribution in [0, 0.1) is 6.92 Å². The molecule has 2 aliphatic heterocycles. The van der Waals surface area contributed by atoms with Gasteiger partial charge in [0.2, 0.25) is 5.91 Å². The second-order valence-electron chi connectivity index (χ2n) is 8.20. The predicted molar refractivity (Wildman–Crippen MR) is 132 cm³/mol. The van der Waals surface area contributed by atoms with Crippen LogP contribution in [0.1, 0.15) is 12.0 Å². The summed E-state index contributed by atoms with van der Waals surface area (Å²) in [6.45, 7) is 9.37. The lowest BCUT2D eigenvalue weighted by Gasteiger charge is -2.37. The summed E-state index contributed by atoms with van der Waals surface area (Å²) in [7, 11) is 0. The first-order valence-corrected chi connectivity index (χ1v) is 12.4. The number of nitrogens with zero attached hydrogens (tertiary/aromatic N) is 3. The van der Waals surface area contributed by atoms with Crippen molar-refractivity contribution in [2.45, 2.75) is 18.2 Å². The quantitative estimate of drug-likeness (QED) is 0.637. The number of para-hydroxylation sites is 1. The van der Waals surface area contributed by atoms with Gasteiger partial charge in [0.1, 0.15) is 0 Å². The normalized spacial score (nSPS) is 16.8. The molecule has 31 heavy (non-hydrogen) atoms. The van der Waals surface area contributed by atoms with Crippen molar-refractivity contribution in [1.29, 1.82) is 0 Å². The minimum absolute atomic E-state index is 0.114. The number of aryl methyl sites for hydroxylation is 1. The van der Waals surface area contributed by atoms with E-state index < -0.39 is 0 Å². The Labute approximate surface area is 194 Å². The van der Waals surface area contributed by atoms with Gasteiger partial charge in [-0.2, -0.15) is 0 Å². The summed E-state index contributed by atoms with van der Waals surface area (Å²) in [5.41, 5.74) is 3.70. The molecule has 1 saturated heterocycles. The molecular formula is C24H31ClN4OS. The number of benzene rings is 2. The molecule has 0 bridgehead atoms. The molecule has 1 N–H and O–H groups in total. The van der Waals surface area contributed by atoms with Crippen LogP contribution in [-0.4, -0.2) is 68.9 Å². The van der Waals surface area contributed by atoms with Gasteiger partial charge in [-0.3, -0.25) is 9.69 Å². The van der Waals surface area contributed by atoms with Crippen LogP contribution in [0.4, 0.5) is 11.4 Å². The minimum atomic E-state index is 0.114. The second kappa shape index (κ2) is 10.6.